The lowest BCUT2D eigenvalue weighted by Crippen LogP contribution is -2.07. The van der Waals surface area contributed by atoms with Crippen LogP contribution in [-0.4, -0.2) is 11.1 Å². The zero-order chi connectivity index (χ0) is 11.8. The Bertz CT molecular complexity index is 602. The molecule has 0 saturated carbocycles. The second-order valence-corrected chi connectivity index (χ2v) is 3.96. The van der Waals surface area contributed by atoms with Crippen molar-refractivity contribution in [3.63, 3.8) is 0 Å². The maximum Gasteiger partial charge on any atom is 0.335 e. The Morgan fingerprint density at radius 3 is 2.76 bits per heavy atom. The predicted molar refractivity (Wildman–Crippen MR) is 63.2 cm³/mol. The van der Waals surface area contributed by atoms with Crippen molar-refractivity contribution < 1.29 is 14.6 Å². The van der Waals surface area contributed by atoms with Gasteiger partial charge in [-0.15, -0.1) is 0 Å². The van der Waals surface area contributed by atoms with E-state index in [1.54, 1.807) is 12.1 Å². The minimum atomic E-state index is -0.911. The van der Waals surface area contributed by atoms with Crippen LogP contribution in [0.4, 0.5) is 0 Å². The number of ether oxygens (including phenoxy) is 1. The van der Waals surface area contributed by atoms with Gasteiger partial charge in [-0.1, -0.05) is 24.3 Å². The predicted octanol–water partition coefficient (Wildman–Crippen LogP) is 2.94. The number of hydrogen-bond donors (Lipinski definition) is 1. The van der Waals surface area contributed by atoms with Gasteiger partial charge in [0.05, 0.1) is 5.56 Å². The molecule has 0 radical (unpaired) electrons. The maximum absolute atomic E-state index is 10.9. The molecule has 0 aromatic heterocycles. The van der Waals surface area contributed by atoms with E-state index in [0.717, 1.165) is 22.4 Å². The molecular weight excluding hydrogens is 216 g/mol. The van der Waals surface area contributed by atoms with E-state index in [1.807, 2.05) is 30.3 Å². The molecule has 2 aromatic rings. The van der Waals surface area contributed by atoms with Crippen LogP contribution in [0, 0.1) is 0 Å². The lowest BCUT2D eigenvalue weighted by molar-refractivity contribution is 0.0696. The Morgan fingerprint density at radius 1 is 1.12 bits per heavy atom. The minimum Gasteiger partial charge on any atom is -0.488 e. The molecule has 0 atom stereocenters. The van der Waals surface area contributed by atoms with E-state index < -0.39 is 5.97 Å². The Balaban J connectivity index is 2.18. The number of aromatic carboxylic acids is 1. The van der Waals surface area contributed by atoms with E-state index in [2.05, 4.69) is 0 Å². The molecule has 0 aliphatic carbocycles. The van der Waals surface area contributed by atoms with E-state index in [1.165, 1.54) is 0 Å². The zero-order valence-corrected chi connectivity index (χ0v) is 9.01. The van der Waals surface area contributed by atoms with Gasteiger partial charge in [-0.3, -0.25) is 0 Å². The summed E-state index contributed by atoms with van der Waals surface area (Å²) in [4.78, 5) is 10.9. The average molecular weight is 226 g/mol. The van der Waals surface area contributed by atoms with Crippen LogP contribution in [0.5, 0.6) is 5.75 Å². The topological polar surface area (TPSA) is 46.5 Å². The number of carboxylic acids is 1. The molecule has 3 heteroatoms. The highest BCUT2D eigenvalue weighted by molar-refractivity contribution is 5.89. The van der Waals surface area contributed by atoms with Crippen LogP contribution in [0.3, 0.4) is 0 Å². The van der Waals surface area contributed by atoms with Gasteiger partial charge in [0.15, 0.2) is 0 Å². The standard InChI is InChI=1S/C14H10O3/c15-14(16)9-5-6-11-10(7-9)8-17-13-4-2-1-3-12(11)13/h1-7H,8H2,(H,15,16). The van der Waals surface area contributed by atoms with E-state index in [-0.39, 0.29) is 0 Å². The van der Waals surface area contributed by atoms with Crippen molar-refractivity contribution >= 4 is 5.97 Å². The maximum atomic E-state index is 10.9. The number of hydrogen-bond acceptors (Lipinski definition) is 2. The van der Waals surface area contributed by atoms with Crippen LogP contribution in [-0.2, 0) is 6.61 Å². The summed E-state index contributed by atoms with van der Waals surface area (Å²) < 4.78 is 5.59. The van der Waals surface area contributed by atoms with E-state index in [4.69, 9.17) is 9.84 Å². The highest BCUT2D eigenvalue weighted by Crippen LogP contribution is 2.37. The van der Waals surface area contributed by atoms with Crippen molar-refractivity contribution in [3.8, 4) is 16.9 Å². The average Bonchev–Trinajstić information content (AvgIpc) is 2.38. The Labute approximate surface area is 98.3 Å². The first-order valence-corrected chi connectivity index (χ1v) is 5.34. The van der Waals surface area contributed by atoms with Crippen LogP contribution < -0.4 is 4.74 Å². The van der Waals surface area contributed by atoms with Crippen molar-refractivity contribution in [2.45, 2.75) is 6.61 Å². The fourth-order valence-electron chi connectivity index (χ4n) is 2.08. The van der Waals surface area contributed by atoms with Gasteiger partial charge in [-0.25, -0.2) is 4.79 Å². The lowest BCUT2D eigenvalue weighted by Gasteiger charge is -2.20. The summed E-state index contributed by atoms with van der Waals surface area (Å²) in [5.74, 6) is -0.0604. The smallest absolute Gasteiger partial charge is 0.335 e. The van der Waals surface area contributed by atoms with Gasteiger partial charge < -0.3 is 9.84 Å². The number of para-hydroxylation sites is 1. The molecule has 1 heterocycles. The molecule has 0 saturated heterocycles. The van der Waals surface area contributed by atoms with Crippen molar-refractivity contribution in [3.05, 3.63) is 53.6 Å². The number of benzene rings is 2. The monoisotopic (exact) mass is 226 g/mol. The highest BCUT2D eigenvalue weighted by atomic mass is 16.5. The lowest BCUT2D eigenvalue weighted by atomic mass is 9.95. The summed E-state index contributed by atoms with van der Waals surface area (Å²) in [5, 5.41) is 8.94. The fourth-order valence-corrected chi connectivity index (χ4v) is 2.08. The molecule has 0 fully saturated rings. The van der Waals surface area contributed by atoms with Crippen molar-refractivity contribution in [2.24, 2.45) is 0 Å². The third-order valence-corrected chi connectivity index (χ3v) is 2.91. The quantitative estimate of drug-likeness (QED) is 0.813. The van der Waals surface area contributed by atoms with Crippen LogP contribution in [0.25, 0.3) is 11.1 Å². The van der Waals surface area contributed by atoms with Gasteiger partial charge in [-0.05, 0) is 29.3 Å². The summed E-state index contributed by atoms with van der Waals surface area (Å²) in [5.41, 5.74) is 3.29. The normalized spacial score (nSPS) is 12.2. The Hall–Kier alpha value is -2.29. The molecule has 3 rings (SSSR count). The molecule has 2 aromatic carbocycles. The molecule has 0 spiro atoms. The molecular formula is C14H10O3. The number of rotatable bonds is 1. The Kier molecular flexibility index (Phi) is 2.11. The van der Waals surface area contributed by atoms with E-state index in [9.17, 15) is 4.79 Å². The molecule has 84 valence electrons. The summed E-state index contributed by atoms with van der Waals surface area (Å²) in [6.07, 6.45) is 0. The fraction of sp³-hybridized carbons (Fsp3) is 0.0714. The summed E-state index contributed by atoms with van der Waals surface area (Å²) in [6, 6.07) is 12.9. The minimum absolute atomic E-state index is 0.298. The first kappa shape index (κ1) is 9.90. The van der Waals surface area contributed by atoms with E-state index >= 15 is 0 Å². The molecule has 3 nitrogen and oxygen atoms in total. The molecule has 17 heavy (non-hydrogen) atoms. The third kappa shape index (κ3) is 1.56. The van der Waals surface area contributed by atoms with Crippen LogP contribution in [0.2, 0.25) is 0 Å². The molecule has 1 aliphatic heterocycles. The SMILES string of the molecule is O=C(O)c1ccc2c(c1)COc1ccccc1-2. The zero-order valence-electron chi connectivity index (χ0n) is 9.01. The summed E-state index contributed by atoms with van der Waals surface area (Å²) in [7, 11) is 0. The van der Waals surface area contributed by atoms with Gasteiger partial charge in [0.1, 0.15) is 12.4 Å². The van der Waals surface area contributed by atoms with E-state index in [0.29, 0.717) is 12.2 Å². The number of carboxylic acid groups (broad SMARTS) is 1. The van der Waals surface area contributed by atoms with Crippen molar-refractivity contribution in [1.29, 1.82) is 0 Å². The van der Waals surface area contributed by atoms with Gasteiger partial charge >= 0.3 is 5.97 Å². The summed E-state index contributed by atoms with van der Waals surface area (Å²) in [6.45, 7) is 0.424. The third-order valence-electron chi connectivity index (χ3n) is 2.91. The largest absolute Gasteiger partial charge is 0.488 e. The Morgan fingerprint density at radius 2 is 1.94 bits per heavy atom. The molecule has 1 aliphatic rings. The van der Waals surface area contributed by atoms with Crippen LogP contribution in [0.1, 0.15) is 15.9 Å². The van der Waals surface area contributed by atoms with Crippen LogP contribution >= 0.6 is 0 Å². The number of fused-ring (bicyclic) bond motifs is 3. The van der Waals surface area contributed by atoms with Gasteiger partial charge in [-0.2, -0.15) is 0 Å². The summed E-state index contributed by atoms with van der Waals surface area (Å²) >= 11 is 0. The first-order chi connectivity index (χ1) is 8.25. The molecule has 1 N–H and O–H groups in total. The second kappa shape index (κ2) is 3.63. The van der Waals surface area contributed by atoms with Gasteiger partial charge in [0.25, 0.3) is 0 Å². The van der Waals surface area contributed by atoms with Crippen molar-refractivity contribution in [2.75, 3.05) is 0 Å². The van der Waals surface area contributed by atoms with Gasteiger partial charge in [0.2, 0.25) is 0 Å². The second-order valence-electron chi connectivity index (χ2n) is 3.96. The van der Waals surface area contributed by atoms with Gasteiger partial charge in [0, 0.05) is 5.56 Å². The number of carbonyl (C=O) groups is 1. The first-order valence-electron chi connectivity index (χ1n) is 5.34. The van der Waals surface area contributed by atoms with Crippen LogP contribution in [0.15, 0.2) is 42.5 Å². The molecule has 0 amide bonds. The molecule has 0 unspecified atom stereocenters. The van der Waals surface area contributed by atoms with Crippen molar-refractivity contribution in [1.82, 2.24) is 0 Å². The highest BCUT2D eigenvalue weighted by Gasteiger charge is 2.17. The molecule has 0 bridgehead atoms.